The van der Waals surface area contributed by atoms with E-state index in [1.54, 1.807) is 0 Å². The summed E-state index contributed by atoms with van der Waals surface area (Å²) in [7, 11) is 0. The summed E-state index contributed by atoms with van der Waals surface area (Å²) < 4.78 is 0. The van der Waals surface area contributed by atoms with Crippen LogP contribution in [0.15, 0.2) is 18.2 Å². The number of benzene rings is 1. The molecule has 0 fully saturated rings. The molecule has 1 heterocycles. The molecule has 90 valence electrons. The van der Waals surface area contributed by atoms with Crippen LogP contribution >= 0.6 is 0 Å². The Balaban J connectivity index is 0. The van der Waals surface area contributed by atoms with E-state index in [-0.39, 0.29) is 21.1 Å². The van der Waals surface area contributed by atoms with Crippen LogP contribution in [0.2, 0.25) is 0 Å². The average molecular weight is 389 g/mol. The van der Waals surface area contributed by atoms with E-state index >= 15 is 0 Å². The number of nitrogens with zero attached hydrogens (tertiary/aromatic N) is 2. The first kappa shape index (κ1) is 17.8. The van der Waals surface area contributed by atoms with E-state index in [1.807, 2.05) is 40.7 Å². The minimum absolute atomic E-state index is 0. The smallest absolute Gasteiger partial charge is 0.0208 e. The minimum atomic E-state index is 0. The van der Waals surface area contributed by atoms with Gasteiger partial charge in [0.1, 0.15) is 0 Å². The van der Waals surface area contributed by atoms with Crippen LogP contribution in [0.3, 0.4) is 0 Å². The SMILES string of the molecule is CC.CC.Cc1ccc2[n-]nc(C)c2c1.[W]. The molecular formula is C13H21N2W-. The minimum Gasteiger partial charge on any atom is -0.575 e. The second kappa shape index (κ2) is 9.59. The standard InChI is InChI=1S/C9H9N2.2C2H6.W/c1-6-3-4-9-8(5-6)7(2)10-11-9;2*1-2;/h3-5H,1-2H3;2*1-2H3;/q-1;;;. The first-order valence-corrected chi connectivity index (χ1v) is 5.64. The van der Waals surface area contributed by atoms with Crippen LogP contribution in [0.1, 0.15) is 39.0 Å². The van der Waals surface area contributed by atoms with Gasteiger partial charge in [-0.3, -0.25) is 0 Å². The molecule has 2 nitrogen and oxygen atoms in total. The number of aryl methyl sites for hydroxylation is 2. The number of aromatic nitrogens is 2. The number of hydrogen-bond donors (Lipinski definition) is 0. The van der Waals surface area contributed by atoms with Gasteiger partial charge in [-0.1, -0.05) is 51.5 Å². The zero-order chi connectivity index (χ0) is 11.8. The Bertz CT molecular complexity index is 394. The van der Waals surface area contributed by atoms with Crippen molar-refractivity contribution in [2.75, 3.05) is 0 Å². The molecule has 0 spiro atoms. The molecule has 0 bridgehead atoms. The van der Waals surface area contributed by atoms with Crippen molar-refractivity contribution in [1.82, 2.24) is 10.2 Å². The molecule has 0 saturated heterocycles. The quantitative estimate of drug-likeness (QED) is 0.685. The van der Waals surface area contributed by atoms with Gasteiger partial charge in [-0.15, -0.1) is 5.52 Å². The van der Waals surface area contributed by atoms with Crippen LogP contribution in [0.5, 0.6) is 0 Å². The van der Waals surface area contributed by atoms with E-state index in [2.05, 4.69) is 29.3 Å². The predicted molar refractivity (Wildman–Crippen MR) is 67.2 cm³/mol. The summed E-state index contributed by atoms with van der Waals surface area (Å²) >= 11 is 0. The van der Waals surface area contributed by atoms with E-state index in [0.717, 1.165) is 11.2 Å². The van der Waals surface area contributed by atoms with Gasteiger partial charge in [0.2, 0.25) is 0 Å². The van der Waals surface area contributed by atoms with Crippen molar-refractivity contribution in [3.63, 3.8) is 0 Å². The van der Waals surface area contributed by atoms with Gasteiger partial charge in [0.15, 0.2) is 0 Å². The third-order valence-electron chi connectivity index (χ3n) is 1.85. The van der Waals surface area contributed by atoms with Crippen LogP contribution in [0.25, 0.3) is 10.9 Å². The second-order valence-electron chi connectivity index (χ2n) is 2.81. The molecule has 16 heavy (non-hydrogen) atoms. The largest absolute Gasteiger partial charge is 0.575 e. The molecule has 3 heteroatoms. The Morgan fingerprint density at radius 3 is 2.12 bits per heavy atom. The van der Waals surface area contributed by atoms with Gasteiger partial charge in [0.05, 0.1) is 0 Å². The molecule has 0 aliphatic rings. The van der Waals surface area contributed by atoms with Gasteiger partial charge in [-0.25, -0.2) is 0 Å². The molecule has 2 rings (SSSR count). The van der Waals surface area contributed by atoms with Crippen molar-refractivity contribution in [3.05, 3.63) is 29.5 Å². The Labute approximate surface area is 113 Å². The van der Waals surface area contributed by atoms with Gasteiger partial charge in [0, 0.05) is 26.8 Å². The van der Waals surface area contributed by atoms with E-state index in [9.17, 15) is 0 Å². The summed E-state index contributed by atoms with van der Waals surface area (Å²) in [4.78, 5) is 0. The normalized spacial score (nSPS) is 8.12. The third kappa shape index (κ3) is 4.49. The molecule has 0 amide bonds. The Morgan fingerprint density at radius 2 is 1.56 bits per heavy atom. The number of rotatable bonds is 0. The van der Waals surface area contributed by atoms with Crippen LogP contribution in [0, 0.1) is 13.8 Å². The van der Waals surface area contributed by atoms with Crippen molar-refractivity contribution in [1.29, 1.82) is 0 Å². The second-order valence-corrected chi connectivity index (χ2v) is 2.81. The van der Waals surface area contributed by atoms with Crippen LogP contribution in [-0.2, 0) is 21.1 Å². The first-order valence-electron chi connectivity index (χ1n) is 5.64. The van der Waals surface area contributed by atoms with Crippen molar-refractivity contribution < 1.29 is 21.1 Å². The summed E-state index contributed by atoms with van der Waals surface area (Å²) in [6, 6.07) is 6.17. The summed E-state index contributed by atoms with van der Waals surface area (Å²) in [5.41, 5.74) is 3.27. The van der Waals surface area contributed by atoms with Crippen LogP contribution < -0.4 is 5.10 Å². The molecule has 1 aromatic heterocycles. The molecule has 2 aromatic rings. The summed E-state index contributed by atoms with van der Waals surface area (Å²) in [5.74, 6) is 0. The predicted octanol–water partition coefficient (Wildman–Crippen LogP) is 3.86. The van der Waals surface area contributed by atoms with Crippen molar-refractivity contribution >= 4 is 10.9 Å². The maximum atomic E-state index is 4.01. The Morgan fingerprint density at radius 1 is 1.00 bits per heavy atom. The Hall–Kier alpha value is -0.622. The fourth-order valence-electron chi connectivity index (χ4n) is 1.21. The van der Waals surface area contributed by atoms with Gasteiger partial charge in [0.25, 0.3) is 0 Å². The van der Waals surface area contributed by atoms with Gasteiger partial charge in [-0.2, -0.15) is 0 Å². The fourth-order valence-corrected chi connectivity index (χ4v) is 1.21. The van der Waals surface area contributed by atoms with Crippen LogP contribution in [-0.4, -0.2) is 5.10 Å². The molecular weight excluding hydrogens is 368 g/mol. The fraction of sp³-hybridized carbons (Fsp3) is 0.462. The molecule has 0 atom stereocenters. The number of fused-ring (bicyclic) bond motifs is 1. The van der Waals surface area contributed by atoms with E-state index in [1.165, 1.54) is 10.9 Å². The molecule has 0 N–H and O–H groups in total. The molecule has 0 radical (unpaired) electrons. The first-order chi connectivity index (χ1) is 7.27. The van der Waals surface area contributed by atoms with Crippen molar-refractivity contribution in [2.24, 2.45) is 0 Å². The Kier molecular flexibility index (Phi) is 10.7. The van der Waals surface area contributed by atoms with Gasteiger partial charge >= 0.3 is 0 Å². The van der Waals surface area contributed by atoms with E-state index in [4.69, 9.17) is 0 Å². The van der Waals surface area contributed by atoms with E-state index in [0.29, 0.717) is 0 Å². The van der Waals surface area contributed by atoms with Gasteiger partial charge in [-0.05, 0) is 19.2 Å². The summed E-state index contributed by atoms with van der Waals surface area (Å²) in [5, 5.41) is 9.17. The third-order valence-corrected chi connectivity index (χ3v) is 1.85. The van der Waals surface area contributed by atoms with Crippen LogP contribution in [0.4, 0.5) is 0 Å². The zero-order valence-electron chi connectivity index (χ0n) is 11.0. The van der Waals surface area contributed by atoms with E-state index < -0.39 is 0 Å². The summed E-state index contributed by atoms with van der Waals surface area (Å²) in [6.45, 7) is 12.1. The molecule has 0 aliphatic heterocycles. The average Bonchev–Trinajstić information content (AvgIpc) is 2.66. The zero-order valence-corrected chi connectivity index (χ0v) is 14.0. The van der Waals surface area contributed by atoms with Crippen molar-refractivity contribution in [2.45, 2.75) is 41.5 Å². The summed E-state index contributed by atoms with van der Waals surface area (Å²) in [6.07, 6.45) is 0. The monoisotopic (exact) mass is 389 g/mol. The number of hydrogen-bond acceptors (Lipinski definition) is 1. The maximum absolute atomic E-state index is 4.01. The van der Waals surface area contributed by atoms with Gasteiger partial charge < -0.3 is 10.2 Å². The molecule has 0 unspecified atom stereocenters. The maximum Gasteiger partial charge on any atom is 0.0208 e. The molecule has 0 saturated carbocycles. The molecule has 1 aromatic carbocycles. The van der Waals surface area contributed by atoms with Crippen molar-refractivity contribution in [3.8, 4) is 0 Å². The molecule has 0 aliphatic carbocycles. The topological polar surface area (TPSA) is 27.0 Å².